The maximum atomic E-state index is 5.96. The van der Waals surface area contributed by atoms with Crippen LogP contribution in [0.3, 0.4) is 0 Å². The first-order chi connectivity index (χ1) is 24.0. The molecule has 4 heterocycles. The lowest BCUT2D eigenvalue weighted by atomic mass is 9.99. The average Bonchev–Trinajstić information content (AvgIpc) is 3.83. The van der Waals surface area contributed by atoms with Crippen LogP contribution in [0.25, 0.3) is 11.4 Å². The Kier molecular flexibility index (Phi) is 10.7. The van der Waals surface area contributed by atoms with Crippen molar-refractivity contribution >= 4 is 29.1 Å². The topological polar surface area (TPSA) is 246 Å². The molecule has 16 nitrogen and oxygen atoms in total. The molecule has 50 heavy (non-hydrogen) atoms. The number of nitrogens with two attached hydrogens (primary N) is 4. The molecule has 0 atom stereocenters. The van der Waals surface area contributed by atoms with Gasteiger partial charge in [0.1, 0.15) is 46.3 Å². The molecule has 2 aromatic carbocycles. The zero-order chi connectivity index (χ0) is 35.9. The smallest absolute Gasteiger partial charge is 0.262 e. The molecule has 0 radical (unpaired) electrons. The Morgan fingerprint density at radius 2 is 1.20 bits per heavy atom. The number of H-pyrrole nitrogens is 1. The number of nitrogens with zero attached hydrogens (tertiary/aromatic N) is 6. The zero-order valence-corrected chi connectivity index (χ0v) is 28.8. The van der Waals surface area contributed by atoms with Crippen LogP contribution in [0.5, 0.6) is 34.8 Å². The molecule has 1 aliphatic heterocycles. The van der Waals surface area contributed by atoms with E-state index < -0.39 is 0 Å². The lowest BCUT2D eigenvalue weighted by Gasteiger charge is -2.18. The van der Waals surface area contributed by atoms with E-state index in [0.29, 0.717) is 23.1 Å². The van der Waals surface area contributed by atoms with Gasteiger partial charge in [-0.05, 0) is 36.1 Å². The fourth-order valence-electron chi connectivity index (χ4n) is 5.11. The maximum Gasteiger partial charge on any atom is 0.262 e. The summed E-state index contributed by atoms with van der Waals surface area (Å²) in [5.41, 5.74) is 26.4. The lowest BCUT2D eigenvalue weighted by molar-refractivity contribution is 0.409. The third-order valence-corrected chi connectivity index (χ3v) is 7.57. The van der Waals surface area contributed by atoms with Crippen molar-refractivity contribution in [2.45, 2.75) is 39.5 Å². The van der Waals surface area contributed by atoms with E-state index >= 15 is 0 Å². The van der Waals surface area contributed by atoms with E-state index in [2.05, 4.69) is 67.9 Å². The van der Waals surface area contributed by atoms with E-state index in [-0.39, 0.29) is 46.9 Å². The molecule has 0 saturated heterocycles. The van der Waals surface area contributed by atoms with Gasteiger partial charge in [0, 0.05) is 30.1 Å². The van der Waals surface area contributed by atoms with E-state index in [1.807, 2.05) is 24.3 Å². The number of aromatic nitrogens is 6. The summed E-state index contributed by atoms with van der Waals surface area (Å²) in [6.45, 7) is 9.81. The number of nitrogen functional groups attached to an aromatic ring is 4. The Balaban J connectivity index is 0.000000194. The number of aromatic amines is 1. The molecule has 10 N–H and O–H groups in total. The molecule has 262 valence electrons. The summed E-state index contributed by atoms with van der Waals surface area (Å²) in [5, 5.41) is 3.25. The van der Waals surface area contributed by atoms with Crippen molar-refractivity contribution in [2.75, 3.05) is 50.2 Å². The Labute approximate surface area is 289 Å². The fourth-order valence-corrected chi connectivity index (χ4v) is 5.11. The molecular formula is C34H42N12O4. The normalized spacial score (nSPS) is 12.2. The van der Waals surface area contributed by atoms with E-state index in [0.717, 1.165) is 46.9 Å². The summed E-state index contributed by atoms with van der Waals surface area (Å²) in [7, 11) is 3.26. The second-order valence-electron chi connectivity index (χ2n) is 11.8. The first-order valence-electron chi connectivity index (χ1n) is 15.8. The average molecular weight is 683 g/mol. The molecular weight excluding hydrogens is 640 g/mol. The minimum atomic E-state index is 0.130. The zero-order valence-electron chi connectivity index (χ0n) is 28.8. The van der Waals surface area contributed by atoms with E-state index in [1.54, 1.807) is 26.6 Å². The van der Waals surface area contributed by atoms with Crippen LogP contribution in [0.15, 0.2) is 54.0 Å². The van der Waals surface area contributed by atoms with Gasteiger partial charge in [-0.15, -0.1) is 0 Å². The third kappa shape index (κ3) is 7.86. The van der Waals surface area contributed by atoms with Crippen molar-refractivity contribution in [3.8, 4) is 46.1 Å². The van der Waals surface area contributed by atoms with E-state index in [9.17, 15) is 0 Å². The Hall–Kier alpha value is -6.32. The number of anilines is 4. The molecule has 6 rings (SSSR count). The van der Waals surface area contributed by atoms with Gasteiger partial charge in [0.25, 0.3) is 11.8 Å². The summed E-state index contributed by atoms with van der Waals surface area (Å²) < 4.78 is 23.0. The Bertz CT molecular complexity index is 1980. The van der Waals surface area contributed by atoms with Gasteiger partial charge >= 0.3 is 0 Å². The predicted molar refractivity (Wildman–Crippen MR) is 193 cm³/mol. The predicted octanol–water partition coefficient (Wildman–Crippen LogP) is 4.87. The number of amidine groups is 1. The molecule has 0 bridgehead atoms. The first-order valence-corrected chi connectivity index (χ1v) is 15.8. The third-order valence-electron chi connectivity index (χ3n) is 7.57. The minimum Gasteiger partial charge on any atom is -0.496 e. The van der Waals surface area contributed by atoms with Gasteiger partial charge in [-0.1, -0.05) is 27.7 Å². The van der Waals surface area contributed by atoms with Crippen LogP contribution in [0.2, 0.25) is 0 Å². The number of ether oxygens (including phenoxy) is 4. The largest absolute Gasteiger partial charge is 0.496 e. The van der Waals surface area contributed by atoms with Gasteiger partial charge in [-0.2, -0.15) is 0 Å². The summed E-state index contributed by atoms with van der Waals surface area (Å²) in [4.78, 5) is 28.0. The van der Waals surface area contributed by atoms with Crippen molar-refractivity contribution in [1.29, 1.82) is 0 Å². The highest BCUT2D eigenvalue weighted by molar-refractivity contribution is 6.02. The maximum absolute atomic E-state index is 5.96. The molecule has 0 aliphatic carbocycles. The quantitative estimate of drug-likeness (QED) is 0.115. The van der Waals surface area contributed by atoms with Crippen LogP contribution in [0, 0.1) is 0 Å². The monoisotopic (exact) mass is 682 g/mol. The highest BCUT2D eigenvalue weighted by Gasteiger charge is 2.21. The Morgan fingerprint density at radius 1 is 0.680 bits per heavy atom. The van der Waals surface area contributed by atoms with Gasteiger partial charge in [-0.3, -0.25) is 4.99 Å². The molecule has 0 fully saturated rings. The molecule has 1 aliphatic rings. The van der Waals surface area contributed by atoms with Crippen molar-refractivity contribution in [3.63, 3.8) is 0 Å². The van der Waals surface area contributed by atoms with E-state index in [4.69, 9.17) is 41.9 Å². The number of hydrogen-bond donors (Lipinski definition) is 6. The van der Waals surface area contributed by atoms with Crippen LogP contribution >= 0.6 is 0 Å². The summed E-state index contributed by atoms with van der Waals surface area (Å²) in [5.74, 6) is 5.70. The summed E-state index contributed by atoms with van der Waals surface area (Å²) >= 11 is 0. The number of aliphatic imine (C=N–C) groups is 1. The number of benzene rings is 2. The van der Waals surface area contributed by atoms with Crippen LogP contribution in [0.4, 0.5) is 23.3 Å². The van der Waals surface area contributed by atoms with Crippen molar-refractivity contribution < 1.29 is 18.9 Å². The first kappa shape index (κ1) is 35.0. The van der Waals surface area contributed by atoms with Gasteiger partial charge in [0.15, 0.2) is 11.6 Å². The summed E-state index contributed by atoms with van der Waals surface area (Å²) in [6.07, 6.45) is 6.23. The molecule has 0 spiro atoms. The van der Waals surface area contributed by atoms with Gasteiger partial charge in [-0.25, -0.2) is 24.9 Å². The molecule has 3 aromatic heterocycles. The SMILES string of the molecule is COc1cc(C(C)C)c(Oc2ncc(N)nc2N)cc1-c1ncc[nH]1.COc1cc(C(C)C)c(Oc2ncc(N)nc2N)cc1C1=NCCN1. The van der Waals surface area contributed by atoms with Crippen molar-refractivity contribution in [2.24, 2.45) is 4.99 Å². The summed E-state index contributed by atoms with van der Waals surface area (Å²) in [6, 6.07) is 7.63. The second-order valence-corrected chi connectivity index (χ2v) is 11.8. The second kappa shape index (κ2) is 15.3. The van der Waals surface area contributed by atoms with Crippen molar-refractivity contribution in [1.82, 2.24) is 35.2 Å². The lowest BCUT2D eigenvalue weighted by Crippen LogP contribution is -2.20. The van der Waals surface area contributed by atoms with Crippen LogP contribution in [-0.4, -0.2) is 63.0 Å². The van der Waals surface area contributed by atoms with Crippen LogP contribution in [0.1, 0.15) is 56.2 Å². The molecule has 0 amide bonds. The van der Waals surface area contributed by atoms with Gasteiger partial charge in [0.2, 0.25) is 0 Å². The van der Waals surface area contributed by atoms with E-state index in [1.165, 1.54) is 12.4 Å². The number of hydrogen-bond acceptors (Lipinski definition) is 15. The molecule has 16 heteroatoms. The number of nitrogens with one attached hydrogen (secondary N) is 2. The number of rotatable bonds is 10. The standard InChI is InChI=1S/C17H22N6O2.C17H20N6O2/c2*1-9(2)10-6-12(24-3)11(16-20-4-5-21-16)7-13(10)25-17-15(19)23-14(18)8-22-17/h6-9H,4-5H2,1-3H3,(H,20,21)(H4,18,19,23);4-9H,1-3H3,(H,20,21)(H4,18,19,23). The molecule has 5 aromatic rings. The van der Waals surface area contributed by atoms with Gasteiger partial charge in [0.05, 0.1) is 44.3 Å². The van der Waals surface area contributed by atoms with Crippen molar-refractivity contribution in [3.05, 3.63) is 65.7 Å². The number of imidazole rings is 1. The molecule has 0 saturated carbocycles. The number of methoxy groups -OCH3 is 2. The Morgan fingerprint density at radius 3 is 1.62 bits per heavy atom. The highest BCUT2D eigenvalue weighted by atomic mass is 16.5. The fraction of sp³-hybridized carbons (Fsp3) is 0.294. The molecule has 0 unspecified atom stereocenters. The van der Waals surface area contributed by atoms with Crippen LogP contribution < -0.4 is 47.2 Å². The van der Waals surface area contributed by atoms with Crippen LogP contribution in [-0.2, 0) is 0 Å². The van der Waals surface area contributed by atoms with Gasteiger partial charge < -0.3 is 52.2 Å². The minimum absolute atomic E-state index is 0.130. The highest BCUT2D eigenvalue weighted by Crippen LogP contribution is 2.40.